The Morgan fingerprint density at radius 2 is 1.52 bits per heavy atom. The molecule has 0 saturated heterocycles. The first-order chi connectivity index (χ1) is 11.2. The monoisotopic (exact) mass is 324 g/mol. The molecule has 0 heterocycles. The lowest BCUT2D eigenvalue weighted by molar-refractivity contribution is -0.144. The van der Waals surface area contributed by atoms with Crippen molar-refractivity contribution in [1.82, 2.24) is 0 Å². The second kappa shape index (κ2) is 11.3. The van der Waals surface area contributed by atoms with Gasteiger partial charge in [-0.25, -0.2) is 0 Å². The topological polar surface area (TPSA) is 52.6 Å². The normalized spacial score (nSPS) is 16.4. The van der Waals surface area contributed by atoms with Gasteiger partial charge in [0.05, 0.1) is 19.6 Å². The highest BCUT2D eigenvalue weighted by molar-refractivity contribution is 5.85. The smallest absolute Gasteiger partial charge is 0.317 e. The summed E-state index contributed by atoms with van der Waals surface area (Å²) in [6, 6.07) is 0. The van der Waals surface area contributed by atoms with E-state index in [0.29, 0.717) is 13.0 Å². The quantitative estimate of drug-likeness (QED) is 0.283. The van der Waals surface area contributed by atoms with Gasteiger partial charge in [-0.3, -0.25) is 9.59 Å². The molecular formula is C19H32O4. The number of hydrogen-bond donors (Lipinski definition) is 0. The molecule has 1 aliphatic carbocycles. The number of ether oxygens (including phenoxy) is 2. The van der Waals surface area contributed by atoms with Gasteiger partial charge in [0.25, 0.3) is 0 Å². The third-order valence-electron chi connectivity index (χ3n) is 4.40. The summed E-state index contributed by atoms with van der Waals surface area (Å²) >= 11 is 0. The van der Waals surface area contributed by atoms with Crippen LogP contribution in [0, 0.1) is 5.92 Å². The number of methoxy groups -OCH3 is 1. The molecule has 0 spiro atoms. The number of carbonyl (C=O) groups excluding carboxylic acids is 2. The maximum absolute atomic E-state index is 12.0. The SMILES string of the molecule is CCCCCCC1=C(CCCCCC(=O)OC)C1C(=O)OCC. The Balaban J connectivity index is 2.32. The molecule has 0 radical (unpaired) electrons. The Labute approximate surface area is 140 Å². The lowest BCUT2D eigenvalue weighted by Crippen LogP contribution is -2.09. The molecule has 0 amide bonds. The van der Waals surface area contributed by atoms with Gasteiger partial charge in [0.1, 0.15) is 0 Å². The van der Waals surface area contributed by atoms with Crippen LogP contribution >= 0.6 is 0 Å². The minimum absolute atomic E-state index is 0.0304. The predicted molar refractivity (Wildman–Crippen MR) is 91.0 cm³/mol. The molecule has 0 aliphatic heterocycles. The van der Waals surface area contributed by atoms with Crippen LogP contribution in [0.4, 0.5) is 0 Å². The number of rotatable bonds is 13. The first-order valence-electron chi connectivity index (χ1n) is 9.10. The zero-order valence-electron chi connectivity index (χ0n) is 15.0. The lowest BCUT2D eigenvalue weighted by Gasteiger charge is -2.03. The summed E-state index contributed by atoms with van der Waals surface area (Å²) in [6.07, 6.45) is 10.3. The Kier molecular flexibility index (Phi) is 9.65. The van der Waals surface area contributed by atoms with Gasteiger partial charge in [-0.1, -0.05) is 43.8 Å². The van der Waals surface area contributed by atoms with Crippen molar-refractivity contribution >= 4 is 11.9 Å². The zero-order chi connectivity index (χ0) is 17.1. The van der Waals surface area contributed by atoms with Gasteiger partial charge in [0.15, 0.2) is 0 Å². The standard InChI is InChI=1S/C19H32O4/c1-4-6-7-9-12-15-16(18(15)19(21)23-5-2)13-10-8-11-14-17(20)22-3/h18H,4-14H2,1-3H3. The van der Waals surface area contributed by atoms with E-state index in [9.17, 15) is 9.59 Å². The van der Waals surface area contributed by atoms with E-state index >= 15 is 0 Å². The number of carbonyl (C=O) groups is 2. The summed E-state index contributed by atoms with van der Waals surface area (Å²) in [4.78, 5) is 23.1. The van der Waals surface area contributed by atoms with Crippen LogP contribution in [0.1, 0.15) is 78.1 Å². The lowest BCUT2D eigenvalue weighted by atomic mass is 10.1. The van der Waals surface area contributed by atoms with Crippen molar-refractivity contribution in [3.63, 3.8) is 0 Å². The van der Waals surface area contributed by atoms with E-state index in [1.807, 2.05) is 6.92 Å². The number of esters is 2. The molecule has 1 aliphatic rings. The van der Waals surface area contributed by atoms with Crippen LogP contribution in [-0.4, -0.2) is 25.7 Å². The minimum atomic E-state index is -0.142. The van der Waals surface area contributed by atoms with E-state index in [0.717, 1.165) is 32.1 Å². The molecule has 4 heteroatoms. The highest BCUT2D eigenvalue weighted by atomic mass is 16.5. The Morgan fingerprint density at radius 3 is 2.04 bits per heavy atom. The Bertz CT molecular complexity index is 412. The second-order valence-electron chi connectivity index (χ2n) is 6.18. The first-order valence-corrected chi connectivity index (χ1v) is 9.10. The van der Waals surface area contributed by atoms with Crippen molar-refractivity contribution in [1.29, 1.82) is 0 Å². The molecule has 132 valence electrons. The van der Waals surface area contributed by atoms with E-state index in [-0.39, 0.29) is 17.9 Å². The van der Waals surface area contributed by atoms with Crippen LogP contribution in [0.3, 0.4) is 0 Å². The third-order valence-corrected chi connectivity index (χ3v) is 4.40. The van der Waals surface area contributed by atoms with Crippen molar-refractivity contribution in [2.45, 2.75) is 78.1 Å². The van der Waals surface area contributed by atoms with Gasteiger partial charge in [-0.2, -0.15) is 0 Å². The van der Waals surface area contributed by atoms with Crippen LogP contribution < -0.4 is 0 Å². The van der Waals surface area contributed by atoms with Crippen LogP contribution in [-0.2, 0) is 19.1 Å². The summed E-state index contributed by atoms with van der Waals surface area (Å²) in [5.74, 6) is -0.239. The van der Waals surface area contributed by atoms with E-state index in [1.165, 1.54) is 43.9 Å². The maximum Gasteiger partial charge on any atom is 0.317 e. The van der Waals surface area contributed by atoms with Crippen LogP contribution in [0.2, 0.25) is 0 Å². The second-order valence-corrected chi connectivity index (χ2v) is 6.18. The van der Waals surface area contributed by atoms with Crippen LogP contribution in [0.15, 0.2) is 11.1 Å². The molecule has 0 bridgehead atoms. The molecule has 0 aromatic carbocycles. The van der Waals surface area contributed by atoms with Crippen LogP contribution in [0.5, 0.6) is 0 Å². The fourth-order valence-corrected chi connectivity index (χ4v) is 3.04. The fourth-order valence-electron chi connectivity index (χ4n) is 3.04. The minimum Gasteiger partial charge on any atom is -0.469 e. The predicted octanol–water partition coefficient (Wildman–Crippen LogP) is 4.57. The molecule has 0 aromatic heterocycles. The molecule has 0 aromatic rings. The van der Waals surface area contributed by atoms with Gasteiger partial charge in [0.2, 0.25) is 0 Å². The van der Waals surface area contributed by atoms with Crippen molar-refractivity contribution in [2.75, 3.05) is 13.7 Å². The molecule has 23 heavy (non-hydrogen) atoms. The maximum atomic E-state index is 12.0. The van der Waals surface area contributed by atoms with E-state index < -0.39 is 0 Å². The average Bonchev–Trinajstić information content (AvgIpc) is 3.24. The molecular weight excluding hydrogens is 292 g/mol. The summed E-state index contributed by atoms with van der Waals surface area (Å²) in [5.41, 5.74) is 2.63. The molecule has 1 unspecified atom stereocenters. The molecule has 4 nitrogen and oxygen atoms in total. The van der Waals surface area contributed by atoms with Gasteiger partial charge >= 0.3 is 11.9 Å². The molecule has 0 saturated carbocycles. The average molecular weight is 324 g/mol. The number of hydrogen-bond acceptors (Lipinski definition) is 4. The van der Waals surface area contributed by atoms with Gasteiger partial charge in [-0.15, -0.1) is 0 Å². The summed E-state index contributed by atoms with van der Waals surface area (Å²) < 4.78 is 9.82. The summed E-state index contributed by atoms with van der Waals surface area (Å²) in [6.45, 7) is 4.51. The highest BCUT2D eigenvalue weighted by Crippen LogP contribution is 2.46. The first kappa shape index (κ1) is 19.7. The number of unbranched alkanes of at least 4 members (excludes halogenated alkanes) is 5. The van der Waals surface area contributed by atoms with E-state index in [1.54, 1.807) is 0 Å². The molecule has 0 N–H and O–H groups in total. The van der Waals surface area contributed by atoms with Crippen molar-refractivity contribution in [3.8, 4) is 0 Å². The van der Waals surface area contributed by atoms with Crippen molar-refractivity contribution in [2.24, 2.45) is 5.92 Å². The summed E-state index contributed by atoms with van der Waals surface area (Å²) in [7, 11) is 1.42. The zero-order valence-corrected chi connectivity index (χ0v) is 15.0. The van der Waals surface area contributed by atoms with Crippen LogP contribution in [0.25, 0.3) is 0 Å². The molecule has 1 rings (SSSR count). The van der Waals surface area contributed by atoms with E-state index in [4.69, 9.17) is 4.74 Å². The van der Waals surface area contributed by atoms with E-state index in [2.05, 4.69) is 11.7 Å². The third kappa shape index (κ3) is 7.19. The van der Waals surface area contributed by atoms with Gasteiger partial charge in [-0.05, 0) is 39.0 Å². The Morgan fingerprint density at radius 1 is 0.913 bits per heavy atom. The molecule has 1 atom stereocenters. The van der Waals surface area contributed by atoms with Gasteiger partial charge in [0, 0.05) is 6.42 Å². The summed E-state index contributed by atoms with van der Waals surface area (Å²) in [5, 5.41) is 0. The van der Waals surface area contributed by atoms with Crippen molar-refractivity contribution in [3.05, 3.63) is 11.1 Å². The largest absolute Gasteiger partial charge is 0.469 e. The molecule has 0 fully saturated rings. The highest BCUT2D eigenvalue weighted by Gasteiger charge is 2.41. The fraction of sp³-hybridized carbons (Fsp3) is 0.789. The van der Waals surface area contributed by atoms with Gasteiger partial charge < -0.3 is 9.47 Å². The Hall–Kier alpha value is -1.32. The van der Waals surface area contributed by atoms with Crippen molar-refractivity contribution < 1.29 is 19.1 Å².